The van der Waals surface area contributed by atoms with Gasteiger partial charge in [-0.1, -0.05) is 60.7 Å². The Labute approximate surface area is 130 Å². The van der Waals surface area contributed by atoms with Gasteiger partial charge in [0.05, 0.1) is 12.9 Å². The summed E-state index contributed by atoms with van der Waals surface area (Å²) in [5.74, 6) is 0.300. The molecule has 1 heterocycles. The second kappa shape index (κ2) is 6.85. The third kappa shape index (κ3) is 3.50. The van der Waals surface area contributed by atoms with Crippen molar-refractivity contribution in [1.29, 1.82) is 0 Å². The van der Waals surface area contributed by atoms with Crippen LogP contribution in [-0.4, -0.2) is 15.3 Å². The number of rotatable bonds is 6. The lowest BCUT2D eigenvalue weighted by Crippen LogP contribution is -2.14. The van der Waals surface area contributed by atoms with E-state index in [1.807, 2.05) is 47.2 Å². The number of ketones is 1. The van der Waals surface area contributed by atoms with Crippen LogP contribution in [0.2, 0.25) is 0 Å². The number of hydrogen-bond donors (Lipinski definition) is 0. The molecule has 0 aliphatic rings. The van der Waals surface area contributed by atoms with Crippen molar-refractivity contribution < 1.29 is 4.79 Å². The van der Waals surface area contributed by atoms with Crippen LogP contribution in [0.5, 0.6) is 0 Å². The van der Waals surface area contributed by atoms with E-state index in [1.165, 1.54) is 11.1 Å². The molecule has 0 aliphatic carbocycles. The Balaban J connectivity index is 1.81. The molecular formula is C19H18N2O. The largest absolute Gasteiger partial charge is 0.330 e. The molecule has 2 aromatic carbocycles. The van der Waals surface area contributed by atoms with Gasteiger partial charge in [0.1, 0.15) is 0 Å². The number of benzene rings is 2. The van der Waals surface area contributed by atoms with Crippen molar-refractivity contribution in [1.82, 2.24) is 9.55 Å². The van der Waals surface area contributed by atoms with Crippen molar-refractivity contribution in [3.8, 4) is 0 Å². The molecule has 1 aromatic heterocycles. The Bertz CT molecular complexity index is 666. The van der Waals surface area contributed by atoms with Crippen LogP contribution in [0.25, 0.3) is 0 Å². The Hall–Kier alpha value is -2.68. The average Bonchev–Trinajstić information content (AvgIpc) is 3.07. The summed E-state index contributed by atoms with van der Waals surface area (Å²) in [5.41, 5.74) is 2.35. The Morgan fingerprint density at radius 3 is 2.05 bits per heavy atom. The number of aromatic nitrogens is 2. The minimum Gasteiger partial charge on any atom is -0.330 e. The highest BCUT2D eigenvalue weighted by Gasteiger charge is 2.18. The smallest absolute Gasteiger partial charge is 0.153 e. The van der Waals surface area contributed by atoms with Crippen molar-refractivity contribution in [3.05, 3.63) is 90.5 Å². The van der Waals surface area contributed by atoms with Gasteiger partial charge in [0, 0.05) is 24.7 Å². The van der Waals surface area contributed by atoms with Gasteiger partial charge in [-0.15, -0.1) is 0 Å². The van der Waals surface area contributed by atoms with E-state index in [4.69, 9.17) is 0 Å². The van der Waals surface area contributed by atoms with Gasteiger partial charge in [-0.25, -0.2) is 4.98 Å². The number of imidazole rings is 1. The second-order valence-electron chi connectivity index (χ2n) is 5.35. The number of hydrogen-bond acceptors (Lipinski definition) is 2. The molecule has 3 nitrogen and oxygen atoms in total. The molecule has 3 rings (SSSR count). The fourth-order valence-electron chi connectivity index (χ4n) is 2.67. The van der Waals surface area contributed by atoms with Crippen molar-refractivity contribution in [2.45, 2.75) is 18.9 Å². The average molecular weight is 290 g/mol. The molecule has 0 amide bonds. The van der Waals surface area contributed by atoms with E-state index in [0.29, 0.717) is 13.0 Å². The molecule has 22 heavy (non-hydrogen) atoms. The number of Topliss-reactive ketones (excluding diaryl/α,β-unsaturated/α-hetero) is 1. The van der Waals surface area contributed by atoms with Crippen LogP contribution in [0, 0.1) is 0 Å². The lowest BCUT2D eigenvalue weighted by molar-refractivity contribution is -0.119. The minimum atomic E-state index is 0.0958. The van der Waals surface area contributed by atoms with E-state index in [1.54, 1.807) is 12.5 Å². The molecule has 0 fully saturated rings. The molecule has 3 heteroatoms. The quantitative estimate of drug-likeness (QED) is 0.694. The molecule has 0 radical (unpaired) electrons. The van der Waals surface area contributed by atoms with Crippen LogP contribution < -0.4 is 0 Å². The van der Waals surface area contributed by atoms with E-state index in [2.05, 4.69) is 29.2 Å². The molecular weight excluding hydrogens is 272 g/mol. The molecule has 0 saturated heterocycles. The molecule has 0 atom stereocenters. The summed E-state index contributed by atoms with van der Waals surface area (Å²) in [7, 11) is 0. The van der Waals surface area contributed by atoms with Crippen LogP contribution in [0.1, 0.15) is 23.5 Å². The Morgan fingerprint density at radius 2 is 1.55 bits per heavy atom. The van der Waals surface area contributed by atoms with Crippen LogP contribution in [0.4, 0.5) is 0 Å². The Morgan fingerprint density at radius 1 is 0.955 bits per heavy atom. The molecule has 0 spiro atoms. The zero-order valence-corrected chi connectivity index (χ0v) is 12.3. The maximum absolute atomic E-state index is 12.4. The van der Waals surface area contributed by atoms with Crippen molar-refractivity contribution >= 4 is 5.78 Å². The van der Waals surface area contributed by atoms with Crippen LogP contribution >= 0.6 is 0 Å². The first-order valence-corrected chi connectivity index (χ1v) is 7.40. The minimum absolute atomic E-state index is 0.0958. The number of carbonyl (C=O) groups excluding carboxylic acids is 1. The summed E-state index contributed by atoms with van der Waals surface area (Å²) in [6, 6.07) is 20.4. The Kier molecular flexibility index (Phi) is 4.44. The predicted molar refractivity (Wildman–Crippen MR) is 86.6 cm³/mol. The van der Waals surface area contributed by atoms with E-state index in [-0.39, 0.29) is 11.7 Å². The first-order valence-electron chi connectivity index (χ1n) is 7.40. The lowest BCUT2D eigenvalue weighted by Gasteiger charge is -2.17. The third-order valence-electron chi connectivity index (χ3n) is 3.75. The van der Waals surface area contributed by atoms with E-state index in [0.717, 1.165) is 0 Å². The van der Waals surface area contributed by atoms with Crippen LogP contribution in [0.3, 0.4) is 0 Å². The molecule has 110 valence electrons. The molecule has 0 saturated carbocycles. The van der Waals surface area contributed by atoms with Gasteiger partial charge in [0.15, 0.2) is 5.78 Å². The monoisotopic (exact) mass is 290 g/mol. The van der Waals surface area contributed by atoms with Crippen molar-refractivity contribution in [2.75, 3.05) is 0 Å². The summed E-state index contributed by atoms with van der Waals surface area (Å²) in [4.78, 5) is 16.4. The number of nitrogens with zero attached hydrogens (tertiary/aromatic N) is 2. The third-order valence-corrected chi connectivity index (χ3v) is 3.75. The highest BCUT2D eigenvalue weighted by atomic mass is 16.1. The van der Waals surface area contributed by atoms with Gasteiger partial charge >= 0.3 is 0 Å². The van der Waals surface area contributed by atoms with E-state index < -0.39 is 0 Å². The molecule has 0 N–H and O–H groups in total. The fraction of sp³-hybridized carbons (Fsp3) is 0.158. The topological polar surface area (TPSA) is 34.9 Å². The maximum Gasteiger partial charge on any atom is 0.153 e. The normalized spacial score (nSPS) is 10.8. The van der Waals surface area contributed by atoms with Crippen LogP contribution in [-0.2, 0) is 11.3 Å². The molecule has 0 aliphatic heterocycles. The predicted octanol–water partition coefficient (Wildman–Crippen LogP) is 3.67. The second-order valence-corrected chi connectivity index (χ2v) is 5.35. The van der Waals surface area contributed by atoms with Crippen molar-refractivity contribution in [3.63, 3.8) is 0 Å². The first-order chi connectivity index (χ1) is 10.8. The summed E-state index contributed by atoms with van der Waals surface area (Å²) in [6.07, 6.45) is 5.68. The summed E-state index contributed by atoms with van der Waals surface area (Å²) in [5, 5.41) is 0. The molecule has 0 bridgehead atoms. The van der Waals surface area contributed by atoms with Gasteiger partial charge in [-0.3, -0.25) is 4.79 Å². The summed E-state index contributed by atoms with van der Waals surface area (Å²) >= 11 is 0. The number of carbonyl (C=O) groups is 1. The zero-order chi connectivity index (χ0) is 15.2. The van der Waals surface area contributed by atoms with Gasteiger partial charge < -0.3 is 4.57 Å². The van der Waals surface area contributed by atoms with Gasteiger partial charge in [-0.05, 0) is 11.1 Å². The standard InChI is InChI=1S/C19H18N2O/c22-18(14-21-12-11-20-15-21)13-19(16-7-3-1-4-8-16)17-9-5-2-6-10-17/h1-12,15,19H,13-14H2. The first kappa shape index (κ1) is 14.3. The molecule has 3 aromatic rings. The SMILES string of the molecule is O=C(CC(c1ccccc1)c1ccccc1)Cn1ccnc1. The lowest BCUT2D eigenvalue weighted by atomic mass is 9.87. The molecule has 0 unspecified atom stereocenters. The van der Waals surface area contributed by atoms with Gasteiger partial charge in [-0.2, -0.15) is 0 Å². The fourth-order valence-corrected chi connectivity index (χ4v) is 2.67. The van der Waals surface area contributed by atoms with E-state index >= 15 is 0 Å². The maximum atomic E-state index is 12.4. The summed E-state index contributed by atoms with van der Waals surface area (Å²) in [6.45, 7) is 0.371. The van der Waals surface area contributed by atoms with Gasteiger partial charge in [0.25, 0.3) is 0 Å². The van der Waals surface area contributed by atoms with Gasteiger partial charge in [0.2, 0.25) is 0 Å². The van der Waals surface area contributed by atoms with Crippen molar-refractivity contribution in [2.24, 2.45) is 0 Å². The van der Waals surface area contributed by atoms with E-state index in [9.17, 15) is 4.79 Å². The van der Waals surface area contributed by atoms with Crippen LogP contribution in [0.15, 0.2) is 79.4 Å². The highest BCUT2D eigenvalue weighted by Crippen LogP contribution is 2.28. The highest BCUT2D eigenvalue weighted by molar-refractivity contribution is 5.79. The zero-order valence-electron chi connectivity index (χ0n) is 12.3. The summed E-state index contributed by atoms with van der Waals surface area (Å²) < 4.78 is 1.81.